The number of nitrogens with zero attached hydrogens (tertiary/aromatic N) is 2. The number of likely N-dealkylation sites (tertiary alicyclic amines) is 1. The molecule has 3 rings (SSSR count). The Morgan fingerprint density at radius 2 is 1.91 bits per heavy atom. The third-order valence-electron chi connectivity index (χ3n) is 6.35. The minimum absolute atomic E-state index is 0.00874. The molecule has 0 bridgehead atoms. The van der Waals surface area contributed by atoms with Crippen LogP contribution in [-0.4, -0.2) is 89.7 Å². The number of morpholine rings is 1. The van der Waals surface area contributed by atoms with Gasteiger partial charge in [0, 0.05) is 31.7 Å². The van der Waals surface area contributed by atoms with Crippen LogP contribution in [0.15, 0.2) is 17.0 Å². The molecule has 0 radical (unpaired) electrons. The molecular formula is C23H37N3O6S. The van der Waals surface area contributed by atoms with Crippen LogP contribution < -0.4 is 14.8 Å². The lowest BCUT2D eigenvalue weighted by Crippen LogP contribution is -2.47. The van der Waals surface area contributed by atoms with Gasteiger partial charge in [0.25, 0.3) is 5.91 Å². The maximum atomic E-state index is 13.2. The van der Waals surface area contributed by atoms with Crippen LogP contribution in [0.3, 0.4) is 0 Å². The van der Waals surface area contributed by atoms with Gasteiger partial charge in [-0.1, -0.05) is 19.8 Å². The molecule has 9 nitrogen and oxygen atoms in total. The molecule has 1 N–H and O–H groups in total. The van der Waals surface area contributed by atoms with Crippen molar-refractivity contribution in [3.05, 3.63) is 17.7 Å². The molecule has 10 heteroatoms. The molecule has 33 heavy (non-hydrogen) atoms. The van der Waals surface area contributed by atoms with Gasteiger partial charge in [0.05, 0.1) is 37.9 Å². The first-order valence-electron chi connectivity index (χ1n) is 11.8. The summed E-state index contributed by atoms with van der Waals surface area (Å²) in [6.07, 6.45) is 5.64. The van der Waals surface area contributed by atoms with Crippen LogP contribution in [0.25, 0.3) is 0 Å². The monoisotopic (exact) mass is 483 g/mol. The van der Waals surface area contributed by atoms with E-state index in [1.165, 1.54) is 37.1 Å². The Kier molecular flexibility index (Phi) is 9.37. The average Bonchev–Trinajstić information content (AvgIpc) is 2.85. The van der Waals surface area contributed by atoms with Crippen molar-refractivity contribution < 1.29 is 27.4 Å². The first-order valence-corrected chi connectivity index (χ1v) is 13.2. The van der Waals surface area contributed by atoms with Gasteiger partial charge in [-0.2, -0.15) is 4.31 Å². The van der Waals surface area contributed by atoms with Crippen LogP contribution in [0, 0.1) is 0 Å². The van der Waals surface area contributed by atoms with E-state index < -0.39 is 10.0 Å². The fourth-order valence-electron chi connectivity index (χ4n) is 4.45. The van der Waals surface area contributed by atoms with Crippen LogP contribution >= 0.6 is 0 Å². The summed E-state index contributed by atoms with van der Waals surface area (Å²) in [4.78, 5) is 15.7. The largest absolute Gasteiger partial charge is 0.493 e. The topological polar surface area (TPSA) is 97.4 Å². The lowest BCUT2D eigenvalue weighted by Gasteiger charge is -2.35. The van der Waals surface area contributed by atoms with Gasteiger partial charge in [-0.3, -0.25) is 9.69 Å². The summed E-state index contributed by atoms with van der Waals surface area (Å²) in [5, 5.41) is 3.01. The van der Waals surface area contributed by atoms with E-state index in [-0.39, 0.29) is 47.0 Å². The van der Waals surface area contributed by atoms with E-state index in [2.05, 4.69) is 17.1 Å². The zero-order valence-corrected chi connectivity index (χ0v) is 20.8. The zero-order valence-electron chi connectivity index (χ0n) is 20.0. The molecular weight excluding hydrogens is 446 g/mol. The molecule has 2 aliphatic heterocycles. The van der Waals surface area contributed by atoms with Crippen molar-refractivity contribution in [3.63, 3.8) is 0 Å². The van der Waals surface area contributed by atoms with Crippen LogP contribution in [0.2, 0.25) is 0 Å². The van der Waals surface area contributed by atoms with Crippen LogP contribution in [0.5, 0.6) is 11.5 Å². The fourth-order valence-corrected chi connectivity index (χ4v) is 5.90. The summed E-state index contributed by atoms with van der Waals surface area (Å²) in [6, 6.07) is 3.08. The number of amides is 1. The summed E-state index contributed by atoms with van der Waals surface area (Å²) >= 11 is 0. The minimum atomic E-state index is -3.80. The summed E-state index contributed by atoms with van der Waals surface area (Å²) < 4.78 is 43.9. The highest BCUT2D eigenvalue weighted by molar-refractivity contribution is 7.89. The van der Waals surface area contributed by atoms with E-state index in [1.807, 2.05) is 0 Å². The van der Waals surface area contributed by atoms with Gasteiger partial charge in [-0.05, 0) is 38.4 Å². The van der Waals surface area contributed by atoms with Gasteiger partial charge >= 0.3 is 0 Å². The first kappa shape index (κ1) is 25.7. The molecule has 2 heterocycles. The zero-order chi connectivity index (χ0) is 23.8. The molecule has 1 unspecified atom stereocenters. The Labute approximate surface area is 197 Å². The number of carbonyl (C=O) groups excluding carboxylic acids is 1. The quantitative estimate of drug-likeness (QED) is 0.544. The van der Waals surface area contributed by atoms with Gasteiger partial charge in [0.2, 0.25) is 10.0 Å². The number of nitrogens with one attached hydrogen (secondary N) is 1. The molecule has 0 spiro atoms. The maximum absolute atomic E-state index is 13.2. The minimum Gasteiger partial charge on any atom is -0.493 e. The Balaban J connectivity index is 1.83. The lowest BCUT2D eigenvalue weighted by atomic mass is 10.0. The van der Waals surface area contributed by atoms with Crippen LogP contribution in [-0.2, 0) is 14.8 Å². The molecule has 0 saturated carbocycles. The van der Waals surface area contributed by atoms with Crippen molar-refractivity contribution in [2.75, 3.05) is 60.2 Å². The van der Waals surface area contributed by atoms with E-state index in [4.69, 9.17) is 14.2 Å². The molecule has 1 aromatic carbocycles. The van der Waals surface area contributed by atoms with Crippen molar-refractivity contribution in [2.45, 2.75) is 50.0 Å². The Hall–Kier alpha value is -1.88. The van der Waals surface area contributed by atoms with Gasteiger partial charge in [-0.25, -0.2) is 8.42 Å². The first-order chi connectivity index (χ1) is 15.9. The normalized spacial score (nSPS) is 20.4. The number of hydrogen-bond acceptors (Lipinski definition) is 7. The molecule has 2 fully saturated rings. The van der Waals surface area contributed by atoms with Gasteiger partial charge in [-0.15, -0.1) is 0 Å². The van der Waals surface area contributed by atoms with Crippen molar-refractivity contribution >= 4 is 15.9 Å². The second-order valence-corrected chi connectivity index (χ2v) is 10.4. The number of ether oxygens (including phenoxy) is 3. The van der Waals surface area contributed by atoms with Gasteiger partial charge in [0.1, 0.15) is 0 Å². The highest BCUT2D eigenvalue weighted by Gasteiger charge is 2.30. The van der Waals surface area contributed by atoms with E-state index in [9.17, 15) is 13.2 Å². The summed E-state index contributed by atoms with van der Waals surface area (Å²) in [5.41, 5.74) is 0.152. The molecule has 1 amide bonds. The number of unbranched alkanes of at least 4 members (excludes halogenated alkanes) is 1. The number of methoxy groups -OCH3 is 2. The third kappa shape index (κ3) is 6.17. The highest BCUT2D eigenvalue weighted by Crippen LogP contribution is 2.35. The summed E-state index contributed by atoms with van der Waals surface area (Å²) in [5.74, 6) is 0.0619. The van der Waals surface area contributed by atoms with Gasteiger partial charge in [0.15, 0.2) is 11.5 Å². The smallest absolute Gasteiger partial charge is 0.255 e. The van der Waals surface area contributed by atoms with Crippen molar-refractivity contribution in [1.82, 2.24) is 14.5 Å². The predicted molar refractivity (Wildman–Crippen MR) is 126 cm³/mol. The van der Waals surface area contributed by atoms with E-state index >= 15 is 0 Å². The average molecular weight is 484 g/mol. The number of benzene rings is 1. The Bertz CT molecular complexity index is 902. The third-order valence-corrected chi connectivity index (χ3v) is 8.23. The molecule has 0 aromatic heterocycles. The van der Waals surface area contributed by atoms with Crippen molar-refractivity contribution in [1.29, 1.82) is 0 Å². The number of piperidine rings is 1. The van der Waals surface area contributed by atoms with E-state index in [0.29, 0.717) is 19.8 Å². The molecule has 2 aliphatic rings. The van der Waals surface area contributed by atoms with Crippen molar-refractivity contribution in [2.24, 2.45) is 0 Å². The summed E-state index contributed by atoms with van der Waals surface area (Å²) in [6.45, 7) is 5.99. The predicted octanol–water partition coefficient (Wildman–Crippen LogP) is 2.11. The van der Waals surface area contributed by atoms with E-state index in [1.54, 1.807) is 0 Å². The molecule has 1 atom stereocenters. The molecule has 0 aliphatic carbocycles. The fraction of sp³-hybridized carbons (Fsp3) is 0.696. The second kappa shape index (κ2) is 12.0. The number of hydrogen-bond donors (Lipinski definition) is 1. The Morgan fingerprint density at radius 3 is 2.58 bits per heavy atom. The lowest BCUT2D eigenvalue weighted by molar-refractivity contribution is 0.0730. The SMILES string of the molecule is CCCCN1CCCCC1CNC(=O)c1cc(S(=O)(=O)N2CCOCC2)cc(OC)c1OC. The molecule has 1 aromatic rings. The van der Waals surface area contributed by atoms with Gasteiger partial charge < -0.3 is 19.5 Å². The highest BCUT2D eigenvalue weighted by atomic mass is 32.2. The van der Waals surface area contributed by atoms with Crippen molar-refractivity contribution in [3.8, 4) is 11.5 Å². The standard InChI is InChI=1S/C23H37N3O6S/c1-4-5-9-25-10-7-6-8-18(25)17-24-23(27)20-15-19(16-21(30-2)22(20)31-3)33(28,29)26-11-13-32-14-12-26/h15-16,18H,4-14,17H2,1-3H3,(H,24,27). The number of carbonyl (C=O) groups is 1. The molecule has 186 valence electrons. The number of sulfonamides is 1. The number of rotatable bonds is 10. The Morgan fingerprint density at radius 1 is 1.15 bits per heavy atom. The van der Waals surface area contributed by atoms with Crippen LogP contribution in [0.1, 0.15) is 49.4 Å². The maximum Gasteiger partial charge on any atom is 0.255 e. The summed E-state index contributed by atoms with van der Waals surface area (Å²) in [7, 11) is -0.929. The second-order valence-electron chi connectivity index (χ2n) is 8.47. The van der Waals surface area contributed by atoms with E-state index in [0.717, 1.165) is 38.8 Å². The molecule has 2 saturated heterocycles. The van der Waals surface area contributed by atoms with Crippen LogP contribution in [0.4, 0.5) is 0 Å².